The zero-order valence-corrected chi connectivity index (χ0v) is 11.8. The molecular weight excluding hydrogens is 256 g/mol. The van der Waals surface area contributed by atoms with Crippen LogP contribution < -0.4 is 5.32 Å². The number of hydrogen-bond acceptors (Lipinski definition) is 4. The summed E-state index contributed by atoms with van der Waals surface area (Å²) in [6.45, 7) is 5.21. The van der Waals surface area contributed by atoms with E-state index >= 15 is 0 Å². The maximum Gasteiger partial charge on any atom is 0.257 e. The predicted molar refractivity (Wildman–Crippen MR) is 76.9 cm³/mol. The molecule has 0 aliphatic carbocycles. The summed E-state index contributed by atoms with van der Waals surface area (Å²) >= 11 is 0. The van der Waals surface area contributed by atoms with Crippen molar-refractivity contribution in [1.29, 1.82) is 0 Å². The number of benzene rings is 1. The second-order valence-corrected chi connectivity index (χ2v) is 5.24. The van der Waals surface area contributed by atoms with Crippen LogP contribution in [-0.2, 0) is 0 Å². The Kier molecular flexibility index (Phi) is 4.84. The molecule has 0 radical (unpaired) electrons. The quantitative estimate of drug-likeness (QED) is 0.731. The lowest BCUT2D eigenvalue weighted by Gasteiger charge is -2.29. The van der Waals surface area contributed by atoms with Gasteiger partial charge in [0.05, 0.1) is 5.56 Å². The maximum atomic E-state index is 12.5. The van der Waals surface area contributed by atoms with E-state index in [1.54, 1.807) is 4.90 Å². The van der Waals surface area contributed by atoms with Crippen LogP contribution in [0.3, 0.4) is 0 Å². The van der Waals surface area contributed by atoms with Crippen molar-refractivity contribution in [3.63, 3.8) is 0 Å². The third-order valence-corrected chi connectivity index (χ3v) is 3.82. The van der Waals surface area contributed by atoms with Crippen LogP contribution in [0.4, 0.5) is 0 Å². The summed E-state index contributed by atoms with van der Waals surface area (Å²) in [5, 5.41) is 22.6. The average molecular weight is 278 g/mol. The fraction of sp³-hybridized carbons (Fsp3) is 0.533. The van der Waals surface area contributed by atoms with Crippen LogP contribution in [0.15, 0.2) is 18.2 Å². The molecule has 1 aliphatic rings. The summed E-state index contributed by atoms with van der Waals surface area (Å²) in [7, 11) is 0. The van der Waals surface area contributed by atoms with Gasteiger partial charge in [0, 0.05) is 13.1 Å². The molecule has 5 heteroatoms. The van der Waals surface area contributed by atoms with Crippen molar-refractivity contribution in [2.75, 3.05) is 26.2 Å². The SMILES string of the molecule is CCN(CC1CCNCC1)C(=O)c1cc(O)ccc1O. The maximum absolute atomic E-state index is 12.5. The Morgan fingerprint density at radius 3 is 2.70 bits per heavy atom. The molecule has 1 aromatic carbocycles. The molecule has 1 aliphatic heterocycles. The Labute approximate surface area is 119 Å². The minimum atomic E-state index is -0.223. The van der Waals surface area contributed by atoms with Crippen molar-refractivity contribution in [3.8, 4) is 11.5 Å². The van der Waals surface area contributed by atoms with Crippen LogP contribution in [0.25, 0.3) is 0 Å². The van der Waals surface area contributed by atoms with Crippen LogP contribution in [0.5, 0.6) is 11.5 Å². The molecule has 0 spiro atoms. The number of hydrogen-bond donors (Lipinski definition) is 3. The zero-order valence-electron chi connectivity index (χ0n) is 11.8. The molecule has 0 aromatic heterocycles. The summed E-state index contributed by atoms with van der Waals surface area (Å²) < 4.78 is 0. The molecule has 3 N–H and O–H groups in total. The molecule has 20 heavy (non-hydrogen) atoms. The fourth-order valence-corrected chi connectivity index (χ4v) is 2.60. The van der Waals surface area contributed by atoms with Crippen molar-refractivity contribution < 1.29 is 15.0 Å². The topological polar surface area (TPSA) is 72.8 Å². The first-order valence-electron chi connectivity index (χ1n) is 7.13. The minimum absolute atomic E-state index is 0.0101. The standard InChI is InChI=1S/C15H22N2O3/c1-2-17(10-11-5-7-16-8-6-11)15(20)13-9-12(18)3-4-14(13)19/h3-4,9,11,16,18-19H,2,5-8,10H2,1H3. The third kappa shape index (κ3) is 3.42. The molecule has 1 heterocycles. The molecular formula is C15H22N2O3. The van der Waals surface area contributed by atoms with Gasteiger partial charge < -0.3 is 20.4 Å². The van der Waals surface area contributed by atoms with Crippen molar-refractivity contribution >= 4 is 5.91 Å². The number of aromatic hydroxyl groups is 2. The number of nitrogens with one attached hydrogen (secondary N) is 1. The van der Waals surface area contributed by atoms with Crippen LogP contribution in [-0.4, -0.2) is 47.2 Å². The van der Waals surface area contributed by atoms with E-state index in [0.29, 0.717) is 19.0 Å². The summed E-state index contributed by atoms with van der Waals surface area (Å²) in [6, 6.07) is 4.04. The lowest BCUT2D eigenvalue weighted by atomic mass is 9.97. The first kappa shape index (κ1) is 14.7. The molecule has 0 atom stereocenters. The predicted octanol–water partition coefficient (Wildman–Crippen LogP) is 1.56. The number of phenols is 2. The van der Waals surface area contributed by atoms with Crippen LogP contribution in [0.2, 0.25) is 0 Å². The van der Waals surface area contributed by atoms with Gasteiger partial charge in [0.1, 0.15) is 11.5 Å². The Morgan fingerprint density at radius 1 is 1.35 bits per heavy atom. The van der Waals surface area contributed by atoms with E-state index in [0.717, 1.165) is 25.9 Å². The number of phenolic OH excluding ortho intramolecular Hbond substituents is 2. The summed E-state index contributed by atoms with van der Waals surface area (Å²) in [6.07, 6.45) is 2.13. The Hall–Kier alpha value is -1.75. The Morgan fingerprint density at radius 2 is 2.05 bits per heavy atom. The van der Waals surface area contributed by atoms with Gasteiger partial charge in [-0.25, -0.2) is 0 Å². The minimum Gasteiger partial charge on any atom is -0.508 e. The van der Waals surface area contributed by atoms with Crippen LogP contribution in [0, 0.1) is 5.92 Å². The normalized spacial score (nSPS) is 16.1. The van der Waals surface area contributed by atoms with Gasteiger partial charge in [-0.1, -0.05) is 0 Å². The number of piperidine rings is 1. The smallest absolute Gasteiger partial charge is 0.257 e. The summed E-state index contributed by atoms with van der Waals surface area (Å²) in [5.41, 5.74) is 0.167. The lowest BCUT2D eigenvalue weighted by Crippen LogP contribution is -2.39. The van der Waals surface area contributed by atoms with Crippen molar-refractivity contribution in [3.05, 3.63) is 23.8 Å². The van der Waals surface area contributed by atoms with Gasteiger partial charge >= 0.3 is 0 Å². The van der Waals surface area contributed by atoms with E-state index in [1.807, 2.05) is 6.92 Å². The van der Waals surface area contributed by atoms with Crippen LogP contribution >= 0.6 is 0 Å². The highest BCUT2D eigenvalue weighted by Crippen LogP contribution is 2.24. The Balaban J connectivity index is 2.09. The average Bonchev–Trinajstić information content (AvgIpc) is 2.47. The first-order chi connectivity index (χ1) is 9.61. The van der Waals surface area contributed by atoms with Gasteiger partial charge in [0.2, 0.25) is 0 Å². The fourth-order valence-electron chi connectivity index (χ4n) is 2.60. The van der Waals surface area contributed by atoms with E-state index in [-0.39, 0.29) is 23.0 Å². The third-order valence-electron chi connectivity index (χ3n) is 3.82. The van der Waals surface area contributed by atoms with E-state index in [2.05, 4.69) is 5.32 Å². The molecule has 1 amide bonds. The zero-order chi connectivity index (χ0) is 14.5. The number of nitrogens with zero attached hydrogens (tertiary/aromatic N) is 1. The van der Waals surface area contributed by atoms with Gasteiger partial charge in [0.25, 0.3) is 5.91 Å². The van der Waals surface area contributed by atoms with Gasteiger partial charge in [-0.2, -0.15) is 0 Å². The molecule has 1 saturated heterocycles. The molecule has 0 saturated carbocycles. The molecule has 2 rings (SSSR count). The van der Waals surface area contributed by atoms with Crippen molar-refractivity contribution in [2.45, 2.75) is 19.8 Å². The van der Waals surface area contributed by atoms with Gasteiger partial charge in [-0.3, -0.25) is 4.79 Å². The molecule has 5 nitrogen and oxygen atoms in total. The summed E-state index contributed by atoms with van der Waals surface area (Å²) in [5.74, 6) is 0.180. The van der Waals surface area contributed by atoms with Crippen LogP contribution in [0.1, 0.15) is 30.1 Å². The number of rotatable bonds is 4. The first-order valence-corrected chi connectivity index (χ1v) is 7.13. The van der Waals surface area contributed by atoms with Gasteiger partial charge in [-0.05, 0) is 57.0 Å². The molecule has 1 fully saturated rings. The van der Waals surface area contributed by atoms with Gasteiger partial charge in [0.15, 0.2) is 0 Å². The Bertz CT molecular complexity index is 470. The second kappa shape index (κ2) is 6.61. The van der Waals surface area contributed by atoms with Crippen molar-refractivity contribution in [2.24, 2.45) is 5.92 Å². The molecule has 110 valence electrons. The van der Waals surface area contributed by atoms with E-state index in [1.165, 1.54) is 18.2 Å². The lowest BCUT2D eigenvalue weighted by molar-refractivity contribution is 0.0723. The van der Waals surface area contributed by atoms with Crippen molar-refractivity contribution in [1.82, 2.24) is 10.2 Å². The molecule has 0 bridgehead atoms. The molecule has 1 aromatic rings. The summed E-state index contributed by atoms with van der Waals surface area (Å²) in [4.78, 5) is 14.2. The second-order valence-electron chi connectivity index (χ2n) is 5.24. The highest BCUT2D eigenvalue weighted by molar-refractivity contribution is 5.97. The highest BCUT2D eigenvalue weighted by Gasteiger charge is 2.22. The largest absolute Gasteiger partial charge is 0.508 e. The van der Waals surface area contributed by atoms with E-state index < -0.39 is 0 Å². The molecule has 0 unspecified atom stereocenters. The number of carbonyl (C=O) groups is 1. The number of amides is 1. The number of carbonyl (C=O) groups excluding carboxylic acids is 1. The monoisotopic (exact) mass is 278 g/mol. The van der Waals surface area contributed by atoms with Gasteiger partial charge in [-0.15, -0.1) is 0 Å². The van der Waals surface area contributed by atoms with E-state index in [4.69, 9.17) is 0 Å². The van der Waals surface area contributed by atoms with E-state index in [9.17, 15) is 15.0 Å². The highest BCUT2D eigenvalue weighted by atomic mass is 16.3.